The zero-order valence-corrected chi connectivity index (χ0v) is 16.2. The smallest absolute Gasteiger partial charge is 0.387 e. The van der Waals surface area contributed by atoms with E-state index >= 15 is 0 Å². The van der Waals surface area contributed by atoms with Crippen LogP contribution in [0.4, 0.5) is 14.6 Å². The minimum absolute atomic E-state index is 0.0297. The van der Waals surface area contributed by atoms with E-state index in [1.807, 2.05) is 19.1 Å². The lowest BCUT2D eigenvalue weighted by Gasteiger charge is -2.32. The molecule has 1 fully saturated rings. The van der Waals surface area contributed by atoms with Gasteiger partial charge in [-0.1, -0.05) is 12.1 Å². The molecule has 156 valence electrons. The molecule has 1 saturated heterocycles. The van der Waals surface area contributed by atoms with Crippen LogP contribution >= 0.6 is 0 Å². The Balaban J connectivity index is 1.46. The van der Waals surface area contributed by atoms with Gasteiger partial charge in [0.1, 0.15) is 11.6 Å². The molecular weight excluding hydrogens is 380 g/mol. The van der Waals surface area contributed by atoms with Crippen molar-refractivity contribution in [1.29, 1.82) is 0 Å². The summed E-state index contributed by atoms with van der Waals surface area (Å²) in [6, 6.07) is 9.70. The molecule has 0 radical (unpaired) electrons. The van der Waals surface area contributed by atoms with E-state index in [-0.39, 0.29) is 17.6 Å². The van der Waals surface area contributed by atoms with Crippen molar-refractivity contribution in [2.45, 2.75) is 32.5 Å². The number of likely N-dealkylation sites (tertiary alicyclic amines) is 1. The minimum atomic E-state index is -2.87. The summed E-state index contributed by atoms with van der Waals surface area (Å²) in [6.45, 7) is 0.890. The van der Waals surface area contributed by atoms with Gasteiger partial charge in [-0.05, 0) is 68.2 Å². The summed E-state index contributed by atoms with van der Waals surface area (Å²) in [6.07, 6.45) is 2.33. The number of hydrogen-bond donors (Lipinski definition) is 2. The number of benzene rings is 1. The van der Waals surface area contributed by atoms with Crippen LogP contribution in [0.25, 0.3) is 0 Å². The third-order valence-electron chi connectivity index (χ3n) is 5.05. The fraction of sp³-hybridized carbons (Fsp3) is 0.429. The number of rotatable bonds is 7. The summed E-state index contributed by atoms with van der Waals surface area (Å²) in [5.74, 6) is 0.507. The van der Waals surface area contributed by atoms with Gasteiger partial charge in [0.05, 0.1) is 6.10 Å². The maximum Gasteiger partial charge on any atom is 0.387 e. The highest BCUT2D eigenvalue weighted by Crippen LogP contribution is 2.24. The molecule has 2 aromatic rings. The first-order valence-electron chi connectivity index (χ1n) is 9.59. The SMILES string of the molecule is Cc1ccnc(NC(=O)C2CCN(CC(O)c3ccc(OC(F)F)cc3)CC2)c1. The highest BCUT2D eigenvalue weighted by atomic mass is 19.3. The van der Waals surface area contributed by atoms with Gasteiger partial charge >= 0.3 is 6.61 Å². The van der Waals surface area contributed by atoms with Crippen LogP contribution in [0.1, 0.15) is 30.1 Å². The number of anilines is 1. The number of pyridine rings is 1. The molecule has 2 heterocycles. The molecule has 1 unspecified atom stereocenters. The van der Waals surface area contributed by atoms with Crippen LogP contribution < -0.4 is 10.1 Å². The Morgan fingerprint density at radius 2 is 1.97 bits per heavy atom. The first kappa shape index (κ1) is 21.1. The normalized spacial score (nSPS) is 16.6. The predicted molar refractivity (Wildman–Crippen MR) is 105 cm³/mol. The number of ether oxygens (including phenoxy) is 1. The third-order valence-corrected chi connectivity index (χ3v) is 5.05. The zero-order valence-electron chi connectivity index (χ0n) is 16.2. The quantitative estimate of drug-likeness (QED) is 0.739. The Morgan fingerprint density at radius 1 is 1.28 bits per heavy atom. The monoisotopic (exact) mass is 405 g/mol. The summed E-state index contributed by atoms with van der Waals surface area (Å²) in [4.78, 5) is 18.7. The van der Waals surface area contributed by atoms with E-state index in [2.05, 4.69) is 19.9 Å². The second-order valence-electron chi connectivity index (χ2n) is 7.25. The van der Waals surface area contributed by atoms with Gasteiger partial charge in [0.2, 0.25) is 5.91 Å². The molecule has 1 aliphatic heterocycles. The van der Waals surface area contributed by atoms with E-state index in [1.54, 1.807) is 18.3 Å². The zero-order chi connectivity index (χ0) is 20.8. The average molecular weight is 405 g/mol. The van der Waals surface area contributed by atoms with Gasteiger partial charge in [-0.2, -0.15) is 8.78 Å². The number of carbonyl (C=O) groups excluding carboxylic acids is 1. The number of aliphatic hydroxyl groups excluding tert-OH is 1. The highest BCUT2D eigenvalue weighted by Gasteiger charge is 2.26. The van der Waals surface area contributed by atoms with Crippen LogP contribution in [0.5, 0.6) is 5.75 Å². The van der Waals surface area contributed by atoms with Gasteiger partial charge in [0.15, 0.2) is 0 Å². The van der Waals surface area contributed by atoms with Gasteiger partial charge in [0.25, 0.3) is 0 Å². The van der Waals surface area contributed by atoms with Crippen LogP contribution in [0.15, 0.2) is 42.6 Å². The minimum Gasteiger partial charge on any atom is -0.435 e. The first-order valence-corrected chi connectivity index (χ1v) is 9.59. The number of carbonyl (C=O) groups is 1. The van der Waals surface area contributed by atoms with Crippen molar-refractivity contribution in [3.05, 3.63) is 53.7 Å². The number of aryl methyl sites for hydroxylation is 1. The molecule has 1 aromatic heterocycles. The molecular formula is C21H25F2N3O3. The summed E-state index contributed by atoms with van der Waals surface area (Å²) < 4.78 is 28.7. The molecule has 6 nitrogen and oxygen atoms in total. The third kappa shape index (κ3) is 6.20. The van der Waals surface area contributed by atoms with Gasteiger partial charge < -0.3 is 20.1 Å². The number of nitrogens with one attached hydrogen (secondary N) is 1. The number of amides is 1. The van der Waals surface area contributed by atoms with E-state index in [1.165, 1.54) is 12.1 Å². The standard InChI is InChI=1S/C21H25F2N3O3/c1-14-6-9-24-19(12-14)25-20(28)16-7-10-26(11-8-16)13-18(27)15-2-4-17(5-3-15)29-21(22)23/h2-6,9,12,16,18,21,27H,7-8,10-11,13H2,1H3,(H,24,25,28). The number of β-amino-alcohol motifs (C(OH)–C–C–N with tert-alkyl or cyclic N) is 1. The second kappa shape index (κ2) is 9.76. The number of alkyl halides is 2. The van der Waals surface area contributed by atoms with Crippen molar-refractivity contribution in [2.75, 3.05) is 25.0 Å². The molecule has 1 aromatic carbocycles. The molecule has 0 saturated carbocycles. The number of aliphatic hydroxyl groups is 1. The molecule has 8 heteroatoms. The first-order chi connectivity index (χ1) is 13.9. The van der Waals surface area contributed by atoms with E-state index in [9.17, 15) is 18.7 Å². The lowest BCUT2D eigenvalue weighted by molar-refractivity contribution is -0.121. The van der Waals surface area contributed by atoms with Gasteiger partial charge in [-0.15, -0.1) is 0 Å². The molecule has 1 aliphatic rings. The number of piperidine rings is 1. The topological polar surface area (TPSA) is 74.7 Å². The van der Waals surface area contributed by atoms with E-state index in [0.29, 0.717) is 43.9 Å². The van der Waals surface area contributed by atoms with Crippen LogP contribution in [0.3, 0.4) is 0 Å². The summed E-state index contributed by atoms with van der Waals surface area (Å²) >= 11 is 0. The maximum atomic E-state index is 12.5. The van der Waals surface area contributed by atoms with Crippen molar-refractivity contribution in [1.82, 2.24) is 9.88 Å². The molecule has 1 atom stereocenters. The van der Waals surface area contributed by atoms with E-state index in [4.69, 9.17) is 0 Å². The Hall–Kier alpha value is -2.58. The number of halogens is 2. The van der Waals surface area contributed by atoms with Crippen molar-refractivity contribution in [3.8, 4) is 5.75 Å². The van der Waals surface area contributed by atoms with E-state index in [0.717, 1.165) is 5.56 Å². The fourth-order valence-electron chi connectivity index (χ4n) is 3.43. The Labute approximate surface area is 168 Å². The second-order valence-corrected chi connectivity index (χ2v) is 7.25. The van der Waals surface area contributed by atoms with Crippen molar-refractivity contribution < 1.29 is 23.4 Å². The lowest BCUT2D eigenvalue weighted by atomic mass is 9.95. The number of nitrogens with zero attached hydrogens (tertiary/aromatic N) is 2. The Bertz CT molecular complexity index is 809. The summed E-state index contributed by atoms with van der Waals surface area (Å²) in [5, 5.41) is 13.3. The highest BCUT2D eigenvalue weighted by molar-refractivity contribution is 5.91. The number of aromatic nitrogens is 1. The van der Waals surface area contributed by atoms with Crippen molar-refractivity contribution in [2.24, 2.45) is 5.92 Å². The molecule has 0 spiro atoms. The Kier molecular flexibility index (Phi) is 7.11. The fourth-order valence-corrected chi connectivity index (χ4v) is 3.43. The average Bonchev–Trinajstić information content (AvgIpc) is 2.68. The largest absolute Gasteiger partial charge is 0.435 e. The molecule has 0 aliphatic carbocycles. The predicted octanol–water partition coefficient (Wildman–Crippen LogP) is 3.38. The van der Waals surface area contributed by atoms with Crippen LogP contribution in [-0.2, 0) is 4.79 Å². The van der Waals surface area contributed by atoms with Gasteiger partial charge in [-0.3, -0.25) is 4.79 Å². The summed E-state index contributed by atoms with van der Waals surface area (Å²) in [7, 11) is 0. The maximum absolute atomic E-state index is 12.5. The Morgan fingerprint density at radius 3 is 2.59 bits per heavy atom. The van der Waals surface area contributed by atoms with Crippen LogP contribution in [0.2, 0.25) is 0 Å². The van der Waals surface area contributed by atoms with Crippen LogP contribution in [-0.4, -0.2) is 47.1 Å². The van der Waals surface area contributed by atoms with Gasteiger partial charge in [0, 0.05) is 18.7 Å². The van der Waals surface area contributed by atoms with Gasteiger partial charge in [-0.25, -0.2) is 4.98 Å². The summed E-state index contributed by atoms with van der Waals surface area (Å²) in [5.41, 5.74) is 1.67. The van der Waals surface area contributed by atoms with Crippen molar-refractivity contribution >= 4 is 11.7 Å². The molecule has 3 rings (SSSR count). The molecule has 2 N–H and O–H groups in total. The van der Waals surface area contributed by atoms with E-state index < -0.39 is 12.7 Å². The molecule has 1 amide bonds. The van der Waals surface area contributed by atoms with Crippen molar-refractivity contribution in [3.63, 3.8) is 0 Å². The number of hydrogen-bond acceptors (Lipinski definition) is 5. The molecule has 29 heavy (non-hydrogen) atoms. The van der Waals surface area contributed by atoms with Crippen LogP contribution in [0, 0.1) is 12.8 Å². The lowest BCUT2D eigenvalue weighted by Crippen LogP contribution is -2.40. The molecule has 0 bridgehead atoms.